The van der Waals surface area contributed by atoms with Gasteiger partial charge in [-0.15, -0.1) is 0 Å². The monoisotopic (exact) mass is 374 g/mol. The maximum atomic E-state index is 12.0. The van der Waals surface area contributed by atoms with E-state index in [9.17, 15) is 14.4 Å². The fourth-order valence-electron chi connectivity index (χ4n) is 2.21. The number of furan rings is 1. The van der Waals surface area contributed by atoms with Crippen molar-refractivity contribution in [3.63, 3.8) is 0 Å². The number of methoxy groups -OCH3 is 1. The van der Waals surface area contributed by atoms with E-state index in [0.717, 1.165) is 0 Å². The van der Waals surface area contributed by atoms with Gasteiger partial charge in [-0.3, -0.25) is 19.8 Å². The number of nitrogens with one attached hydrogen (secondary N) is 3. The predicted molar refractivity (Wildman–Crippen MR) is 98.2 cm³/mol. The second kappa shape index (κ2) is 9.97. The third-order valence-corrected chi connectivity index (χ3v) is 3.46. The van der Waals surface area contributed by atoms with Gasteiger partial charge in [-0.1, -0.05) is 0 Å². The van der Waals surface area contributed by atoms with Crippen LogP contribution in [0.2, 0.25) is 0 Å². The maximum absolute atomic E-state index is 12.0. The van der Waals surface area contributed by atoms with Crippen LogP contribution >= 0.6 is 0 Å². The number of likely N-dealkylation sites (N-methyl/N-ethyl adjacent to an activating group) is 1. The van der Waals surface area contributed by atoms with Crippen LogP contribution in [-0.2, 0) is 16.1 Å². The molecule has 9 nitrogen and oxygen atoms in total. The number of nitrogens with zero attached hydrogens (tertiary/aromatic N) is 1. The zero-order chi connectivity index (χ0) is 19.6. The highest BCUT2D eigenvalue weighted by molar-refractivity contribution is 5.96. The summed E-state index contributed by atoms with van der Waals surface area (Å²) >= 11 is 0. The maximum Gasteiger partial charge on any atom is 0.321 e. The molecule has 0 unspecified atom stereocenters. The van der Waals surface area contributed by atoms with E-state index in [2.05, 4.69) is 16.0 Å². The van der Waals surface area contributed by atoms with E-state index in [1.165, 1.54) is 11.2 Å². The highest BCUT2D eigenvalue weighted by Crippen LogP contribution is 2.14. The second-order valence-electron chi connectivity index (χ2n) is 5.76. The zero-order valence-electron chi connectivity index (χ0n) is 15.2. The topological polar surface area (TPSA) is 113 Å². The van der Waals surface area contributed by atoms with Crippen molar-refractivity contribution in [3.8, 4) is 5.75 Å². The van der Waals surface area contributed by atoms with Crippen molar-refractivity contribution < 1.29 is 23.5 Å². The van der Waals surface area contributed by atoms with E-state index < -0.39 is 11.9 Å². The second-order valence-corrected chi connectivity index (χ2v) is 5.76. The molecule has 0 saturated carbocycles. The highest BCUT2D eigenvalue weighted by atomic mass is 16.5. The van der Waals surface area contributed by atoms with Gasteiger partial charge in [0.25, 0.3) is 0 Å². The molecule has 4 amide bonds. The van der Waals surface area contributed by atoms with Crippen LogP contribution in [0.15, 0.2) is 47.1 Å². The lowest BCUT2D eigenvalue weighted by atomic mass is 10.3. The number of carbonyl (C=O) groups excluding carboxylic acids is 3. The minimum atomic E-state index is -0.632. The summed E-state index contributed by atoms with van der Waals surface area (Å²) in [6.07, 6.45) is 1.49. The molecule has 0 radical (unpaired) electrons. The van der Waals surface area contributed by atoms with Crippen molar-refractivity contribution in [1.82, 2.24) is 15.5 Å². The van der Waals surface area contributed by atoms with Gasteiger partial charge in [0.15, 0.2) is 0 Å². The smallest absolute Gasteiger partial charge is 0.321 e. The molecule has 0 atom stereocenters. The average molecular weight is 374 g/mol. The van der Waals surface area contributed by atoms with Gasteiger partial charge in [0, 0.05) is 5.69 Å². The Morgan fingerprint density at radius 2 is 1.78 bits per heavy atom. The van der Waals surface area contributed by atoms with E-state index in [4.69, 9.17) is 9.15 Å². The van der Waals surface area contributed by atoms with E-state index in [-0.39, 0.29) is 25.5 Å². The third-order valence-electron chi connectivity index (χ3n) is 3.46. The van der Waals surface area contributed by atoms with Gasteiger partial charge >= 0.3 is 6.03 Å². The van der Waals surface area contributed by atoms with Crippen LogP contribution in [0.5, 0.6) is 5.75 Å². The molecule has 0 aliphatic heterocycles. The molecule has 0 saturated heterocycles. The van der Waals surface area contributed by atoms with Crippen molar-refractivity contribution in [2.45, 2.75) is 6.54 Å². The Hall–Kier alpha value is -3.33. The van der Waals surface area contributed by atoms with Crippen molar-refractivity contribution in [1.29, 1.82) is 0 Å². The van der Waals surface area contributed by atoms with Crippen LogP contribution in [0, 0.1) is 0 Å². The number of ether oxygens (including phenoxy) is 1. The average Bonchev–Trinajstić information content (AvgIpc) is 3.13. The Morgan fingerprint density at radius 3 is 2.41 bits per heavy atom. The molecule has 3 N–H and O–H groups in total. The number of amides is 4. The fourth-order valence-corrected chi connectivity index (χ4v) is 2.21. The minimum Gasteiger partial charge on any atom is -0.497 e. The molecule has 1 heterocycles. The molecular weight excluding hydrogens is 352 g/mol. The number of anilines is 1. The summed E-state index contributed by atoms with van der Waals surface area (Å²) in [5, 5.41) is 7.41. The number of urea groups is 1. The number of carbonyl (C=O) groups is 3. The van der Waals surface area contributed by atoms with Crippen LogP contribution < -0.4 is 20.7 Å². The summed E-state index contributed by atoms with van der Waals surface area (Å²) in [5.74, 6) is 0.460. The fraction of sp³-hybridized carbons (Fsp3) is 0.278. The molecule has 0 spiro atoms. The van der Waals surface area contributed by atoms with Crippen molar-refractivity contribution in [3.05, 3.63) is 48.4 Å². The van der Waals surface area contributed by atoms with Crippen LogP contribution in [0.4, 0.5) is 10.5 Å². The quantitative estimate of drug-likeness (QED) is 0.640. The standard InChI is InChI=1S/C18H22N4O5/c1-22(11-16(23)20-13-5-7-14(26-2)8-6-13)12-17(24)21-18(25)19-10-15-4-3-9-27-15/h3-9H,10-12H2,1-2H3,(H,20,23)(H2,19,21,24,25). The molecule has 0 aliphatic rings. The number of imide groups is 1. The first kappa shape index (κ1) is 20.0. The Bertz CT molecular complexity index is 759. The number of hydrogen-bond acceptors (Lipinski definition) is 6. The van der Waals surface area contributed by atoms with Crippen molar-refractivity contribution >= 4 is 23.5 Å². The van der Waals surface area contributed by atoms with Gasteiger partial charge in [-0.2, -0.15) is 0 Å². The molecule has 0 fully saturated rings. The molecule has 0 aliphatic carbocycles. The van der Waals surface area contributed by atoms with Gasteiger partial charge in [0.05, 0.1) is 33.0 Å². The van der Waals surface area contributed by atoms with Crippen molar-refractivity contribution in [2.24, 2.45) is 0 Å². The first-order valence-corrected chi connectivity index (χ1v) is 8.19. The van der Waals surface area contributed by atoms with Gasteiger partial charge < -0.3 is 19.8 Å². The van der Waals surface area contributed by atoms with Crippen LogP contribution in [0.1, 0.15) is 5.76 Å². The molecular formula is C18H22N4O5. The molecule has 9 heteroatoms. The van der Waals surface area contributed by atoms with Gasteiger partial charge in [0.2, 0.25) is 11.8 Å². The van der Waals surface area contributed by atoms with E-state index in [1.807, 2.05) is 0 Å². The molecule has 144 valence electrons. The van der Waals surface area contributed by atoms with E-state index >= 15 is 0 Å². The first-order chi connectivity index (χ1) is 13.0. The van der Waals surface area contributed by atoms with Gasteiger partial charge in [-0.25, -0.2) is 4.79 Å². The summed E-state index contributed by atoms with van der Waals surface area (Å²) in [4.78, 5) is 37.0. The Labute approximate surface area is 156 Å². The molecule has 2 aromatic rings. The zero-order valence-corrected chi connectivity index (χ0v) is 15.2. The number of rotatable bonds is 8. The molecule has 2 rings (SSSR count). The van der Waals surface area contributed by atoms with E-state index in [1.54, 1.807) is 50.6 Å². The molecule has 1 aromatic heterocycles. The summed E-state index contributed by atoms with van der Waals surface area (Å²) in [5.41, 5.74) is 0.621. The SMILES string of the molecule is COc1ccc(NC(=O)CN(C)CC(=O)NC(=O)NCc2ccco2)cc1. The summed E-state index contributed by atoms with van der Waals surface area (Å²) in [6.45, 7) is 0.0594. The van der Waals surface area contributed by atoms with Crippen LogP contribution in [0.25, 0.3) is 0 Å². The summed E-state index contributed by atoms with van der Waals surface area (Å²) in [6, 6.07) is 9.66. The predicted octanol–water partition coefficient (Wildman–Crippen LogP) is 1.18. The number of hydrogen-bond donors (Lipinski definition) is 3. The molecule has 1 aromatic carbocycles. The van der Waals surface area contributed by atoms with Crippen LogP contribution in [-0.4, -0.2) is 50.0 Å². The number of benzene rings is 1. The van der Waals surface area contributed by atoms with Gasteiger partial charge in [-0.05, 0) is 43.4 Å². The Balaban J connectivity index is 1.68. The largest absolute Gasteiger partial charge is 0.497 e. The Kier molecular flexibility index (Phi) is 7.38. The van der Waals surface area contributed by atoms with Crippen molar-refractivity contribution in [2.75, 3.05) is 32.6 Å². The van der Waals surface area contributed by atoms with Crippen LogP contribution in [0.3, 0.4) is 0 Å². The minimum absolute atomic E-state index is 0.00648. The van der Waals surface area contributed by atoms with E-state index in [0.29, 0.717) is 17.2 Å². The van der Waals surface area contributed by atoms with Gasteiger partial charge in [0.1, 0.15) is 11.5 Å². The Morgan fingerprint density at radius 1 is 1.07 bits per heavy atom. The lowest BCUT2D eigenvalue weighted by Gasteiger charge is -2.16. The lowest BCUT2D eigenvalue weighted by molar-refractivity contribution is -0.122. The third kappa shape index (κ3) is 7.20. The highest BCUT2D eigenvalue weighted by Gasteiger charge is 2.13. The first-order valence-electron chi connectivity index (χ1n) is 8.19. The molecule has 27 heavy (non-hydrogen) atoms. The summed E-state index contributed by atoms with van der Waals surface area (Å²) < 4.78 is 10.1. The normalized spacial score (nSPS) is 10.3. The lowest BCUT2D eigenvalue weighted by Crippen LogP contribution is -2.44. The molecule has 0 bridgehead atoms. The summed E-state index contributed by atoms with van der Waals surface area (Å²) in [7, 11) is 3.17.